The molecule has 0 heterocycles. The van der Waals surface area contributed by atoms with Crippen molar-refractivity contribution >= 4 is 11.6 Å². The fourth-order valence-electron chi connectivity index (χ4n) is 3.35. The van der Waals surface area contributed by atoms with Gasteiger partial charge >= 0.3 is 0 Å². The van der Waals surface area contributed by atoms with E-state index in [4.69, 9.17) is 11.6 Å². The number of benzene rings is 1. The molecular formula is C16H24ClN. The van der Waals surface area contributed by atoms with Gasteiger partial charge in [-0.15, -0.1) is 0 Å². The molecule has 0 aromatic heterocycles. The Morgan fingerprint density at radius 2 is 1.72 bits per heavy atom. The van der Waals surface area contributed by atoms with Crippen LogP contribution >= 0.6 is 11.6 Å². The van der Waals surface area contributed by atoms with E-state index in [1.54, 1.807) is 0 Å². The summed E-state index contributed by atoms with van der Waals surface area (Å²) in [4.78, 5) is 0. The Balaban J connectivity index is 1.99. The highest BCUT2D eigenvalue weighted by Gasteiger charge is 2.25. The molecule has 2 heteroatoms. The van der Waals surface area contributed by atoms with Crippen molar-refractivity contribution in [3.63, 3.8) is 0 Å². The van der Waals surface area contributed by atoms with Crippen LogP contribution in [0.2, 0.25) is 5.02 Å². The average molecular weight is 266 g/mol. The predicted octanol–water partition coefficient (Wildman–Crippen LogP) is 4.82. The largest absolute Gasteiger partial charge is 0.307 e. The summed E-state index contributed by atoms with van der Waals surface area (Å²) in [6.45, 7) is 6.94. The van der Waals surface area contributed by atoms with Crippen LogP contribution in [0.1, 0.15) is 51.6 Å². The third-order valence-corrected chi connectivity index (χ3v) is 4.38. The molecular weight excluding hydrogens is 242 g/mol. The van der Waals surface area contributed by atoms with Gasteiger partial charge in [-0.3, -0.25) is 0 Å². The van der Waals surface area contributed by atoms with Crippen molar-refractivity contribution in [3.8, 4) is 0 Å². The van der Waals surface area contributed by atoms with Gasteiger partial charge in [0, 0.05) is 17.1 Å². The summed E-state index contributed by atoms with van der Waals surface area (Å²) in [5, 5.41) is 4.62. The van der Waals surface area contributed by atoms with Crippen LogP contribution in [0.3, 0.4) is 0 Å². The second-order valence-corrected chi connectivity index (χ2v) is 6.43. The first-order valence-corrected chi connectivity index (χ1v) is 7.44. The SMILES string of the molecule is CC1CC(C)CC(N[C@@H](C)c2ccccc2Cl)C1. The van der Waals surface area contributed by atoms with Crippen LogP contribution in [-0.4, -0.2) is 6.04 Å². The van der Waals surface area contributed by atoms with E-state index in [0.29, 0.717) is 12.1 Å². The van der Waals surface area contributed by atoms with E-state index in [1.165, 1.54) is 24.8 Å². The molecule has 1 aromatic rings. The topological polar surface area (TPSA) is 12.0 Å². The number of hydrogen-bond acceptors (Lipinski definition) is 1. The molecule has 100 valence electrons. The zero-order valence-corrected chi connectivity index (χ0v) is 12.4. The second-order valence-electron chi connectivity index (χ2n) is 6.02. The number of hydrogen-bond donors (Lipinski definition) is 1. The maximum Gasteiger partial charge on any atom is 0.0453 e. The molecule has 1 N–H and O–H groups in total. The van der Waals surface area contributed by atoms with E-state index in [1.807, 2.05) is 12.1 Å². The first-order chi connectivity index (χ1) is 8.56. The van der Waals surface area contributed by atoms with Gasteiger partial charge in [-0.2, -0.15) is 0 Å². The normalized spacial score (nSPS) is 30.1. The molecule has 0 spiro atoms. The molecule has 1 aliphatic rings. The smallest absolute Gasteiger partial charge is 0.0453 e. The lowest BCUT2D eigenvalue weighted by Crippen LogP contribution is -2.37. The summed E-state index contributed by atoms with van der Waals surface area (Å²) in [6, 6.07) is 9.11. The van der Waals surface area contributed by atoms with E-state index in [9.17, 15) is 0 Å². The minimum atomic E-state index is 0.334. The molecule has 1 aromatic carbocycles. The zero-order valence-electron chi connectivity index (χ0n) is 11.6. The summed E-state index contributed by atoms with van der Waals surface area (Å²) < 4.78 is 0. The molecule has 1 nitrogen and oxygen atoms in total. The zero-order chi connectivity index (χ0) is 13.1. The van der Waals surface area contributed by atoms with Crippen LogP contribution in [0.25, 0.3) is 0 Å². The van der Waals surface area contributed by atoms with Crippen LogP contribution in [0.5, 0.6) is 0 Å². The summed E-state index contributed by atoms with van der Waals surface area (Å²) in [5.74, 6) is 1.68. The van der Waals surface area contributed by atoms with Gasteiger partial charge in [0.15, 0.2) is 0 Å². The van der Waals surface area contributed by atoms with Gasteiger partial charge in [-0.05, 0) is 49.7 Å². The first-order valence-electron chi connectivity index (χ1n) is 7.06. The van der Waals surface area contributed by atoms with Gasteiger partial charge in [0.2, 0.25) is 0 Å². The standard InChI is InChI=1S/C16H24ClN/c1-11-8-12(2)10-14(9-11)18-13(3)15-6-4-5-7-16(15)17/h4-7,11-14,18H,8-10H2,1-3H3/t11?,12?,13-,14?/m0/s1. The van der Waals surface area contributed by atoms with E-state index in [2.05, 4.69) is 38.2 Å². The monoisotopic (exact) mass is 265 g/mol. The lowest BCUT2D eigenvalue weighted by molar-refractivity contribution is 0.228. The van der Waals surface area contributed by atoms with Gasteiger partial charge in [0.25, 0.3) is 0 Å². The van der Waals surface area contributed by atoms with Crippen molar-refractivity contribution in [1.29, 1.82) is 0 Å². The Kier molecular flexibility index (Phi) is 4.69. The fourth-order valence-corrected chi connectivity index (χ4v) is 3.65. The third kappa shape index (κ3) is 3.49. The van der Waals surface area contributed by atoms with Crippen molar-refractivity contribution in [3.05, 3.63) is 34.9 Å². The van der Waals surface area contributed by atoms with E-state index in [-0.39, 0.29) is 0 Å². The molecule has 18 heavy (non-hydrogen) atoms. The van der Waals surface area contributed by atoms with Crippen molar-refractivity contribution < 1.29 is 0 Å². The van der Waals surface area contributed by atoms with Crippen LogP contribution in [-0.2, 0) is 0 Å². The summed E-state index contributed by atoms with van der Waals surface area (Å²) >= 11 is 6.25. The van der Waals surface area contributed by atoms with Crippen molar-refractivity contribution in [2.24, 2.45) is 11.8 Å². The van der Waals surface area contributed by atoms with Crippen LogP contribution in [0.4, 0.5) is 0 Å². The third-order valence-electron chi connectivity index (χ3n) is 4.04. The quantitative estimate of drug-likeness (QED) is 0.827. The van der Waals surface area contributed by atoms with E-state index >= 15 is 0 Å². The summed E-state index contributed by atoms with van der Waals surface area (Å²) in [5.41, 5.74) is 1.21. The molecule has 0 bridgehead atoms. The molecule has 1 saturated carbocycles. The first kappa shape index (κ1) is 13.9. The van der Waals surface area contributed by atoms with E-state index in [0.717, 1.165) is 16.9 Å². The van der Waals surface area contributed by atoms with Gasteiger partial charge in [-0.1, -0.05) is 43.6 Å². The highest BCUT2D eigenvalue weighted by molar-refractivity contribution is 6.31. The molecule has 1 aliphatic carbocycles. The Labute approximate surface area is 116 Å². The highest BCUT2D eigenvalue weighted by Crippen LogP contribution is 2.31. The molecule has 0 aliphatic heterocycles. The van der Waals surface area contributed by atoms with E-state index < -0.39 is 0 Å². The second kappa shape index (κ2) is 6.08. The lowest BCUT2D eigenvalue weighted by Gasteiger charge is -2.34. The Morgan fingerprint density at radius 1 is 1.11 bits per heavy atom. The molecule has 0 radical (unpaired) electrons. The molecule has 2 rings (SSSR count). The lowest BCUT2D eigenvalue weighted by atomic mass is 9.80. The van der Waals surface area contributed by atoms with Crippen LogP contribution in [0.15, 0.2) is 24.3 Å². The molecule has 1 fully saturated rings. The average Bonchev–Trinajstić information content (AvgIpc) is 2.27. The van der Waals surface area contributed by atoms with Crippen molar-refractivity contribution in [2.75, 3.05) is 0 Å². The summed E-state index contributed by atoms with van der Waals surface area (Å²) in [7, 11) is 0. The Bertz CT molecular complexity index is 380. The van der Waals surface area contributed by atoms with Crippen molar-refractivity contribution in [1.82, 2.24) is 5.32 Å². The maximum absolute atomic E-state index is 6.25. The maximum atomic E-state index is 6.25. The van der Waals surface area contributed by atoms with Crippen LogP contribution in [0, 0.1) is 11.8 Å². The van der Waals surface area contributed by atoms with Crippen LogP contribution < -0.4 is 5.32 Å². The highest BCUT2D eigenvalue weighted by atomic mass is 35.5. The van der Waals surface area contributed by atoms with Gasteiger partial charge in [0.05, 0.1) is 0 Å². The van der Waals surface area contributed by atoms with Gasteiger partial charge < -0.3 is 5.32 Å². The number of nitrogens with one attached hydrogen (secondary N) is 1. The molecule has 3 atom stereocenters. The fraction of sp³-hybridized carbons (Fsp3) is 0.625. The summed E-state index contributed by atoms with van der Waals surface area (Å²) in [6.07, 6.45) is 3.96. The van der Waals surface area contributed by atoms with Crippen molar-refractivity contribution in [2.45, 2.75) is 52.1 Å². The molecule has 0 saturated heterocycles. The number of rotatable bonds is 3. The molecule has 0 amide bonds. The van der Waals surface area contributed by atoms with Gasteiger partial charge in [0.1, 0.15) is 0 Å². The minimum Gasteiger partial charge on any atom is -0.307 e. The molecule has 2 unspecified atom stereocenters. The number of halogens is 1. The predicted molar refractivity (Wildman–Crippen MR) is 79.0 cm³/mol. The Morgan fingerprint density at radius 3 is 2.33 bits per heavy atom. The minimum absolute atomic E-state index is 0.334. The van der Waals surface area contributed by atoms with Gasteiger partial charge in [-0.25, -0.2) is 0 Å². The Hall–Kier alpha value is -0.530.